The highest BCUT2D eigenvalue weighted by Crippen LogP contribution is 2.37. The molecule has 0 aliphatic carbocycles. The predicted molar refractivity (Wildman–Crippen MR) is 82.4 cm³/mol. The van der Waals surface area contributed by atoms with E-state index in [9.17, 15) is 8.78 Å². The summed E-state index contributed by atoms with van der Waals surface area (Å²) in [5.41, 5.74) is 1.39. The van der Waals surface area contributed by atoms with Crippen LogP contribution < -0.4 is 4.74 Å². The molecule has 2 rings (SSSR count). The predicted octanol–water partition coefficient (Wildman–Crippen LogP) is 5.61. The molecule has 0 aromatic heterocycles. The van der Waals surface area contributed by atoms with Gasteiger partial charge in [-0.2, -0.15) is 0 Å². The molecule has 2 aromatic rings. The third-order valence-electron chi connectivity index (χ3n) is 2.73. The fraction of sp³-hybridized carbons (Fsp3) is 0.200. The second kappa shape index (κ2) is 6.68. The molecule has 1 unspecified atom stereocenters. The molecule has 5 heteroatoms. The molecule has 20 heavy (non-hydrogen) atoms. The van der Waals surface area contributed by atoms with E-state index >= 15 is 0 Å². The van der Waals surface area contributed by atoms with E-state index in [2.05, 4.69) is 31.9 Å². The van der Waals surface area contributed by atoms with E-state index in [-0.39, 0.29) is 4.83 Å². The molecule has 0 radical (unpaired) electrons. The molecule has 106 valence electrons. The van der Waals surface area contributed by atoms with Gasteiger partial charge in [0.05, 0.1) is 11.4 Å². The van der Waals surface area contributed by atoms with Crippen LogP contribution in [0.2, 0.25) is 0 Å². The van der Waals surface area contributed by atoms with Crippen molar-refractivity contribution in [3.05, 3.63) is 63.6 Å². The van der Waals surface area contributed by atoms with Gasteiger partial charge in [0, 0.05) is 10.5 Å². The molecule has 0 aliphatic rings. The first-order chi connectivity index (χ1) is 9.51. The summed E-state index contributed by atoms with van der Waals surface area (Å²) in [6.45, 7) is 2.49. The molecule has 1 nitrogen and oxygen atoms in total. The molecule has 0 bridgehead atoms. The number of hydrogen-bond acceptors (Lipinski definition) is 1. The lowest BCUT2D eigenvalue weighted by Crippen LogP contribution is -1.98. The van der Waals surface area contributed by atoms with Crippen molar-refractivity contribution in [1.82, 2.24) is 0 Å². The molecule has 0 fully saturated rings. The van der Waals surface area contributed by atoms with Crippen LogP contribution in [0, 0.1) is 11.6 Å². The minimum absolute atomic E-state index is 0.308. The topological polar surface area (TPSA) is 9.23 Å². The molecule has 0 N–H and O–H groups in total. The van der Waals surface area contributed by atoms with Crippen molar-refractivity contribution in [3.63, 3.8) is 0 Å². The number of hydrogen-bond donors (Lipinski definition) is 0. The van der Waals surface area contributed by atoms with Crippen LogP contribution in [0.3, 0.4) is 0 Å². The average Bonchev–Trinajstić information content (AvgIpc) is 2.37. The number of ether oxygens (including phenoxy) is 1. The maximum absolute atomic E-state index is 13.3. The van der Waals surface area contributed by atoms with Gasteiger partial charge in [-0.3, -0.25) is 0 Å². The third kappa shape index (κ3) is 3.58. The van der Waals surface area contributed by atoms with Gasteiger partial charge in [0.25, 0.3) is 0 Å². The van der Waals surface area contributed by atoms with Crippen molar-refractivity contribution in [3.8, 4) is 5.75 Å². The number of rotatable bonds is 4. The van der Waals surface area contributed by atoms with E-state index < -0.39 is 11.6 Å². The van der Waals surface area contributed by atoms with Crippen molar-refractivity contribution in [1.29, 1.82) is 0 Å². The zero-order chi connectivity index (χ0) is 14.7. The van der Waals surface area contributed by atoms with E-state index in [1.54, 1.807) is 0 Å². The highest BCUT2D eigenvalue weighted by atomic mass is 79.9. The van der Waals surface area contributed by atoms with Gasteiger partial charge in [0.15, 0.2) is 0 Å². The number of benzene rings is 2. The summed E-state index contributed by atoms with van der Waals surface area (Å²) >= 11 is 6.93. The summed E-state index contributed by atoms with van der Waals surface area (Å²) in [5, 5.41) is 0. The molecule has 0 aliphatic heterocycles. The van der Waals surface area contributed by atoms with Crippen molar-refractivity contribution < 1.29 is 13.5 Å². The Kier molecular flexibility index (Phi) is 5.16. The first kappa shape index (κ1) is 15.4. The van der Waals surface area contributed by atoms with Crippen LogP contribution in [-0.4, -0.2) is 6.61 Å². The Hall–Kier alpha value is -0.940. The van der Waals surface area contributed by atoms with Gasteiger partial charge in [-0.15, -0.1) is 0 Å². The maximum Gasteiger partial charge on any atom is 0.126 e. The highest BCUT2D eigenvalue weighted by Gasteiger charge is 2.16. The number of halogens is 4. The molecular weight excluding hydrogens is 394 g/mol. The van der Waals surface area contributed by atoms with Crippen molar-refractivity contribution in [2.24, 2.45) is 0 Å². The highest BCUT2D eigenvalue weighted by molar-refractivity contribution is 9.11. The summed E-state index contributed by atoms with van der Waals surface area (Å²) in [5.74, 6) is -0.439. The SMILES string of the molecule is CCOc1ccc(C(Br)c2cc(F)cc(F)c2)c(Br)c1. The van der Waals surface area contributed by atoms with E-state index in [1.807, 2.05) is 25.1 Å². The number of alkyl halides is 1. The minimum Gasteiger partial charge on any atom is -0.494 e. The molecule has 1 atom stereocenters. The van der Waals surface area contributed by atoms with Crippen LogP contribution in [0.15, 0.2) is 40.9 Å². The Labute approximate surface area is 133 Å². The molecule has 0 heterocycles. The van der Waals surface area contributed by atoms with Crippen molar-refractivity contribution in [2.75, 3.05) is 6.61 Å². The van der Waals surface area contributed by atoms with Gasteiger partial charge in [0.2, 0.25) is 0 Å². The quantitative estimate of drug-likeness (QED) is 0.600. The molecule has 2 aromatic carbocycles. The van der Waals surface area contributed by atoms with E-state index in [0.29, 0.717) is 12.2 Å². The lowest BCUT2D eigenvalue weighted by atomic mass is 10.0. The fourth-order valence-corrected chi connectivity index (χ4v) is 3.43. The Morgan fingerprint density at radius 2 is 1.75 bits per heavy atom. The summed E-state index contributed by atoms with van der Waals surface area (Å²) < 4.78 is 32.8. The average molecular weight is 406 g/mol. The monoisotopic (exact) mass is 404 g/mol. The zero-order valence-corrected chi connectivity index (χ0v) is 13.8. The smallest absolute Gasteiger partial charge is 0.126 e. The molecule has 0 saturated carbocycles. The Balaban J connectivity index is 2.35. The van der Waals surface area contributed by atoms with Gasteiger partial charge >= 0.3 is 0 Å². The van der Waals surface area contributed by atoms with E-state index in [4.69, 9.17) is 4.74 Å². The largest absolute Gasteiger partial charge is 0.494 e. The second-order valence-electron chi connectivity index (χ2n) is 4.18. The Morgan fingerprint density at radius 3 is 2.30 bits per heavy atom. The fourth-order valence-electron chi connectivity index (χ4n) is 1.87. The summed E-state index contributed by atoms with van der Waals surface area (Å²) in [6, 6.07) is 9.00. The molecule has 0 amide bonds. The standard InChI is InChI=1S/C15H12Br2F2O/c1-2-20-12-3-4-13(14(16)8-12)15(17)9-5-10(18)7-11(19)6-9/h3-8,15H,2H2,1H3. The molecular formula is C15H12Br2F2O. The van der Waals surface area contributed by atoms with Crippen LogP contribution in [0.1, 0.15) is 22.9 Å². The lowest BCUT2D eigenvalue weighted by Gasteiger charge is -2.14. The summed E-state index contributed by atoms with van der Waals surface area (Å²) in [4.78, 5) is -0.308. The third-order valence-corrected chi connectivity index (χ3v) is 4.44. The maximum atomic E-state index is 13.3. The first-order valence-electron chi connectivity index (χ1n) is 6.03. The first-order valence-corrected chi connectivity index (χ1v) is 7.74. The van der Waals surface area contributed by atoms with Crippen LogP contribution in [0.4, 0.5) is 8.78 Å². The minimum atomic E-state index is -0.591. The summed E-state index contributed by atoms with van der Waals surface area (Å²) in [6.07, 6.45) is 0. The van der Waals surface area contributed by atoms with Gasteiger partial charge < -0.3 is 4.74 Å². The Bertz CT molecular complexity index is 597. The lowest BCUT2D eigenvalue weighted by molar-refractivity contribution is 0.340. The van der Waals surface area contributed by atoms with Gasteiger partial charge in [-0.1, -0.05) is 37.9 Å². The molecule has 0 spiro atoms. The van der Waals surface area contributed by atoms with Gasteiger partial charge in [-0.05, 0) is 42.3 Å². The van der Waals surface area contributed by atoms with Gasteiger partial charge in [0.1, 0.15) is 17.4 Å². The van der Waals surface area contributed by atoms with Crippen molar-refractivity contribution >= 4 is 31.9 Å². The van der Waals surface area contributed by atoms with Crippen LogP contribution in [-0.2, 0) is 0 Å². The Morgan fingerprint density at radius 1 is 1.10 bits per heavy atom. The van der Waals surface area contributed by atoms with Gasteiger partial charge in [-0.25, -0.2) is 8.78 Å². The molecule has 0 saturated heterocycles. The van der Waals surface area contributed by atoms with E-state index in [0.717, 1.165) is 21.9 Å². The van der Waals surface area contributed by atoms with Crippen LogP contribution in [0.5, 0.6) is 5.75 Å². The van der Waals surface area contributed by atoms with Crippen molar-refractivity contribution in [2.45, 2.75) is 11.8 Å². The summed E-state index contributed by atoms with van der Waals surface area (Å²) in [7, 11) is 0. The van der Waals surface area contributed by atoms with Crippen LogP contribution >= 0.6 is 31.9 Å². The second-order valence-corrected chi connectivity index (χ2v) is 5.95. The zero-order valence-electron chi connectivity index (χ0n) is 10.7. The van der Waals surface area contributed by atoms with E-state index in [1.165, 1.54) is 12.1 Å². The van der Waals surface area contributed by atoms with Crippen LogP contribution in [0.25, 0.3) is 0 Å². The normalized spacial score (nSPS) is 12.2.